The Hall–Kier alpha value is -1.92. The molecule has 0 spiro atoms. The number of rotatable bonds is 2. The lowest BCUT2D eigenvalue weighted by Gasteiger charge is -2.16. The van der Waals surface area contributed by atoms with Crippen LogP contribution in [-0.2, 0) is 11.0 Å². The topological polar surface area (TPSA) is 50.3 Å². The summed E-state index contributed by atoms with van der Waals surface area (Å²) in [6, 6.07) is 1.89. The number of hydrogen-bond acceptors (Lipinski definition) is 3. The second kappa shape index (κ2) is 5.22. The molecular formula is C13H13F3N2O2. The van der Waals surface area contributed by atoms with Gasteiger partial charge in [0.25, 0.3) is 5.91 Å². The molecule has 1 saturated heterocycles. The summed E-state index contributed by atoms with van der Waals surface area (Å²) in [6.45, 7) is 2.22. The largest absolute Gasteiger partial charge is 0.433 e. The predicted molar refractivity (Wildman–Crippen MR) is 63.9 cm³/mol. The van der Waals surface area contributed by atoms with Gasteiger partial charge >= 0.3 is 6.18 Å². The van der Waals surface area contributed by atoms with Crippen molar-refractivity contribution in [2.45, 2.75) is 19.5 Å². The third kappa shape index (κ3) is 2.97. The summed E-state index contributed by atoms with van der Waals surface area (Å²) >= 11 is 0. The number of likely N-dealkylation sites (tertiary alicyclic amines) is 1. The van der Waals surface area contributed by atoms with Gasteiger partial charge in [-0.3, -0.25) is 14.6 Å². The van der Waals surface area contributed by atoms with Gasteiger partial charge in [-0.2, -0.15) is 13.2 Å². The molecule has 1 aliphatic rings. The maximum absolute atomic E-state index is 12.4. The molecule has 1 amide bonds. The highest BCUT2D eigenvalue weighted by atomic mass is 19.4. The number of carbonyl (C=O) groups is 2. The quantitative estimate of drug-likeness (QED) is 0.837. The van der Waals surface area contributed by atoms with E-state index in [9.17, 15) is 22.8 Å². The lowest BCUT2D eigenvalue weighted by Crippen LogP contribution is -2.29. The van der Waals surface area contributed by atoms with Crippen molar-refractivity contribution in [3.05, 3.63) is 29.6 Å². The van der Waals surface area contributed by atoms with Gasteiger partial charge in [-0.05, 0) is 25.5 Å². The number of carbonyl (C=O) groups excluding carboxylic acids is 2. The van der Waals surface area contributed by atoms with Crippen molar-refractivity contribution in [2.24, 2.45) is 5.92 Å². The number of Topliss-reactive ketones (excluding diaryl/α,β-unsaturated/α-hetero) is 1. The molecular weight excluding hydrogens is 273 g/mol. The molecule has 2 heterocycles. The van der Waals surface area contributed by atoms with Crippen molar-refractivity contribution in [3.8, 4) is 0 Å². The van der Waals surface area contributed by atoms with Gasteiger partial charge in [-0.1, -0.05) is 0 Å². The van der Waals surface area contributed by atoms with Gasteiger partial charge in [0, 0.05) is 25.2 Å². The first kappa shape index (κ1) is 14.5. The van der Waals surface area contributed by atoms with Crippen LogP contribution in [0, 0.1) is 5.92 Å². The number of aromatic nitrogens is 1. The summed E-state index contributed by atoms with van der Waals surface area (Å²) in [4.78, 5) is 28.0. The molecule has 0 N–H and O–H groups in total. The van der Waals surface area contributed by atoms with Gasteiger partial charge < -0.3 is 4.90 Å². The fraction of sp³-hybridized carbons (Fsp3) is 0.462. The van der Waals surface area contributed by atoms with Gasteiger partial charge in [0.05, 0.1) is 5.56 Å². The lowest BCUT2D eigenvalue weighted by molar-refractivity contribution is -0.141. The second-order valence-corrected chi connectivity index (χ2v) is 4.78. The lowest BCUT2D eigenvalue weighted by atomic mass is 10.1. The zero-order chi connectivity index (χ0) is 14.9. The van der Waals surface area contributed by atoms with Crippen LogP contribution in [0.3, 0.4) is 0 Å². The molecule has 0 aliphatic carbocycles. The number of halogens is 3. The number of ketones is 1. The van der Waals surface area contributed by atoms with E-state index >= 15 is 0 Å². The van der Waals surface area contributed by atoms with Crippen LogP contribution in [0.2, 0.25) is 0 Å². The van der Waals surface area contributed by atoms with Crippen molar-refractivity contribution in [2.75, 3.05) is 13.1 Å². The molecule has 4 nitrogen and oxygen atoms in total. The van der Waals surface area contributed by atoms with Crippen molar-refractivity contribution in [3.63, 3.8) is 0 Å². The second-order valence-electron chi connectivity index (χ2n) is 4.78. The van der Waals surface area contributed by atoms with Crippen LogP contribution in [0.25, 0.3) is 0 Å². The molecule has 7 heteroatoms. The van der Waals surface area contributed by atoms with Crippen LogP contribution in [0.4, 0.5) is 13.2 Å². The van der Waals surface area contributed by atoms with E-state index in [4.69, 9.17) is 0 Å². The number of nitrogens with zero attached hydrogens (tertiary/aromatic N) is 2. The van der Waals surface area contributed by atoms with E-state index in [1.807, 2.05) is 0 Å². The summed E-state index contributed by atoms with van der Waals surface area (Å²) in [7, 11) is 0. The predicted octanol–water partition coefficient (Wildman–Crippen LogP) is 2.15. The van der Waals surface area contributed by atoms with Gasteiger partial charge in [0.1, 0.15) is 11.5 Å². The molecule has 2 rings (SSSR count). The number of hydrogen-bond donors (Lipinski definition) is 0. The van der Waals surface area contributed by atoms with Crippen LogP contribution in [-0.4, -0.2) is 34.7 Å². The Kier molecular flexibility index (Phi) is 3.78. The molecule has 0 unspecified atom stereocenters. The summed E-state index contributed by atoms with van der Waals surface area (Å²) < 4.78 is 37.1. The van der Waals surface area contributed by atoms with E-state index in [0.717, 1.165) is 18.3 Å². The highest BCUT2D eigenvalue weighted by molar-refractivity contribution is 5.94. The molecule has 1 aromatic rings. The monoisotopic (exact) mass is 286 g/mol. The fourth-order valence-electron chi connectivity index (χ4n) is 2.15. The van der Waals surface area contributed by atoms with Crippen molar-refractivity contribution in [1.82, 2.24) is 9.88 Å². The van der Waals surface area contributed by atoms with Crippen molar-refractivity contribution < 1.29 is 22.8 Å². The van der Waals surface area contributed by atoms with Crippen LogP contribution in [0.5, 0.6) is 0 Å². The first-order valence-corrected chi connectivity index (χ1v) is 6.12. The standard InChI is InChI=1S/C13H13F3N2O2/c1-8(19)10-4-5-18(7-10)12(20)9-2-3-11(17-6-9)13(14,15)16/h2-3,6,10H,4-5,7H2,1H3/t10-/m0/s1. The molecule has 0 bridgehead atoms. The smallest absolute Gasteiger partial charge is 0.338 e. The average molecular weight is 286 g/mol. The third-order valence-corrected chi connectivity index (χ3v) is 3.35. The van der Waals surface area contributed by atoms with Gasteiger partial charge in [0.15, 0.2) is 0 Å². The summed E-state index contributed by atoms with van der Waals surface area (Å²) in [5.74, 6) is -0.554. The van der Waals surface area contributed by atoms with E-state index in [-0.39, 0.29) is 17.3 Å². The van der Waals surface area contributed by atoms with Gasteiger partial charge in [0.2, 0.25) is 0 Å². The normalized spacial score (nSPS) is 19.2. The Labute approximate surface area is 113 Å². The number of alkyl halides is 3. The van der Waals surface area contributed by atoms with Crippen molar-refractivity contribution in [1.29, 1.82) is 0 Å². The Bertz CT molecular complexity index is 525. The highest BCUT2D eigenvalue weighted by Crippen LogP contribution is 2.27. The average Bonchev–Trinajstić information content (AvgIpc) is 2.86. The SMILES string of the molecule is CC(=O)[C@H]1CCN(C(=O)c2ccc(C(F)(F)F)nc2)C1. The molecule has 0 radical (unpaired) electrons. The summed E-state index contributed by atoms with van der Waals surface area (Å²) in [5.41, 5.74) is -0.931. The molecule has 0 saturated carbocycles. The number of pyridine rings is 1. The fourth-order valence-corrected chi connectivity index (χ4v) is 2.15. The van der Waals surface area contributed by atoms with Crippen LogP contribution in [0.15, 0.2) is 18.3 Å². The minimum absolute atomic E-state index is 0.0193. The van der Waals surface area contributed by atoms with Crippen LogP contribution in [0.1, 0.15) is 29.4 Å². The zero-order valence-corrected chi connectivity index (χ0v) is 10.8. The Morgan fingerprint density at radius 1 is 1.35 bits per heavy atom. The van der Waals surface area contributed by atoms with E-state index in [2.05, 4.69) is 4.98 Å². The van der Waals surface area contributed by atoms with E-state index in [1.165, 1.54) is 11.8 Å². The summed E-state index contributed by atoms with van der Waals surface area (Å²) in [6.07, 6.45) is -3.00. The Morgan fingerprint density at radius 2 is 2.05 bits per heavy atom. The number of amides is 1. The zero-order valence-electron chi connectivity index (χ0n) is 10.8. The molecule has 108 valence electrons. The third-order valence-electron chi connectivity index (χ3n) is 3.35. The first-order valence-electron chi connectivity index (χ1n) is 6.12. The highest BCUT2D eigenvalue weighted by Gasteiger charge is 2.33. The maximum atomic E-state index is 12.4. The van der Waals surface area contributed by atoms with E-state index in [0.29, 0.717) is 19.5 Å². The van der Waals surface area contributed by atoms with Gasteiger partial charge in [-0.15, -0.1) is 0 Å². The minimum Gasteiger partial charge on any atom is -0.338 e. The minimum atomic E-state index is -4.52. The molecule has 1 fully saturated rings. The molecule has 1 aromatic heterocycles. The van der Waals surface area contributed by atoms with Crippen molar-refractivity contribution >= 4 is 11.7 Å². The maximum Gasteiger partial charge on any atom is 0.433 e. The molecule has 1 aliphatic heterocycles. The van der Waals surface area contributed by atoms with E-state index < -0.39 is 17.8 Å². The van der Waals surface area contributed by atoms with Crippen LogP contribution < -0.4 is 0 Å². The summed E-state index contributed by atoms with van der Waals surface area (Å²) in [5, 5.41) is 0. The first-order chi connectivity index (χ1) is 9.29. The molecule has 0 aromatic carbocycles. The molecule has 1 atom stereocenters. The molecule has 20 heavy (non-hydrogen) atoms. The van der Waals surface area contributed by atoms with Crippen LogP contribution >= 0.6 is 0 Å². The van der Waals surface area contributed by atoms with E-state index in [1.54, 1.807) is 0 Å². The van der Waals surface area contributed by atoms with Gasteiger partial charge in [-0.25, -0.2) is 0 Å². The Morgan fingerprint density at radius 3 is 2.50 bits per heavy atom. The Balaban J connectivity index is 2.09.